The average Bonchev–Trinajstić information content (AvgIpc) is 2.19. The van der Waals surface area contributed by atoms with Crippen LogP contribution >= 0.6 is 11.6 Å². The lowest BCUT2D eigenvalue weighted by molar-refractivity contribution is 0.358. The highest BCUT2D eigenvalue weighted by molar-refractivity contribution is 6.32. The van der Waals surface area contributed by atoms with Crippen LogP contribution in [0.25, 0.3) is 0 Å². The zero-order valence-electron chi connectivity index (χ0n) is 11.3. The third-order valence-corrected chi connectivity index (χ3v) is 3.19. The Balaban J connectivity index is 2.63. The third kappa shape index (κ3) is 4.43. The van der Waals surface area contributed by atoms with Crippen LogP contribution in [0.2, 0.25) is 5.02 Å². The molecule has 0 heterocycles. The predicted molar refractivity (Wildman–Crippen MR) is 74.9 cm³/mol. The number of benzene rings is 1. The van der Waals surface area contributed by atoms with E-state index in [-0.39, 0.29) is 5.41 Å². The van der Waals surface area contributed by atoms with E-state index in [9.17, 15) is 0 Å². The van der Waals surface area contributed by atoms with Gasteiger partial charge < -0.3 is 4.74 Å². The van der Waals surface area contributed by atoms with Gasteiger partial charge in [-0.2, -0.15) is 0 Å². The maximum atomic E-state index is 6.09. The Hall–Kier alpha value is -0.950. The summed E-state index contributed by atoms with van der Waals surface area (Å²) in [5.74, 6) is 0.746. The topological polar surface area (TPSA) is 9.23 Å². The highest BCUT2D eigenvalue weighted by Gasteiger charge is 2.11. The molecule has 0 bridgehead atoms. The van der Waals surface area contributed by atoms with Gasteiger partial charge in [0.15, 0.2) is 0 Å². The van der Waals surface area contributed by atoms with E-state index >= 15 is 0 Å². The minimum absolute atomic E-state index is 0.195. The molecule has 0 radical (unpaired) electrons. The molecule has 0 aliphatic carbocycles. The number of halogens is 1. The fraction of sp³-hybridized carbons (Fsp3) is 0.467. The Kier molecular flexibility index (Phi) is 4.64. The molecular formula is C15H21ClO. The smallest absolute Gasteiger partial charge is 0.138 e. The molecule has 0 atom stereocenters. The summed E-state index contributed by atoms with van der Waals surface area (Å²) >= 11 is 6.09. The van der Waals surface area contributed by atoms with Crippen LogP contribution in [-0.4, -0.2) is 6.61 Å². The van der Waals surface area contributed by atoms with Crippen LogP contribution in [0, 0.1) is 12.3 Å². The van der Waals surface area contributed by atoms with Crippen molar-refractivity contribution in [2.75, 3.05) is 6.61 Å². The van der Waals surface area contributed by atoms with Gasteiger partial charge in [0.05, 0.1) is 5.02 Å². The van der Waals surface area contributed by atoms with E-state index in [0.29, 0.717) is 11.6 Å². The minimum Gasteiger partial charge on any atom is -0.488 e. The quantitative estimate of drug-likeness (QED) is 0.687. The molecule has 0 saturated carbocycles. The number of hydrogen-bond donors (Lipinski definition) is 0. The highest BCUT2D eigenvalue weighted by Crippen LogP contribution is 2.26. The van der Waals surface area contributed by atoms with Gasteiger partial charge in [-0.1, -0.05) is 44.0 Å². The second kappa shape index (κ2) is 5.59. The Morgan fingerprint density at radius 2 is 2.00 bits per heavy atom. The van der Waals surface area contributed by atoms with Gasteiger partial charge in [-0.15, -0.1) is 0 Å². The molecule has 1 rings (SSSR count). The van der Waals surface area contributed by atoms with Crippen molar-refractivity contribution in [1.82, 2.24) is 0 Å². The van der Waals surface area contributed by atoms with Gasteiger partial charge in [0.25, 0.3) is 0 Å². The monoisotopic (exact) mass is 252 g/mol. The summed E-state index contributed by atoms with van der Waals surface area (Å²) in [5, 5.41) is 0.673. The zero-order valence-corrected chi connectivity index (χ0v) is 12.1. The van der Waals surface area contributed by atoms with Crippen LogP contribution in [0.4, 0.5) is 0 Å². The van der Waals surface area contributed by atoms with Crippen LogP contribution in [-0.2, 0) is 0 Å². The molecule has 0 aliphatic heterocycles. The molecule has 17 heavy (non-hydrogen) atoms. The molecule has 0 unspecified atom stereocenters. The molecule has 0 fully saturated rings. The van der Waals surface area contributed by atoms with Crippen LogP contribution in [0.15, 0.2) is 29.8 Å². The van der Waals surface area contributed by atoms with E-state index in [0.717, 1.165) is 11.3 Å². The number of aryl methyl sites for hydroxylation is 1. The lowest BCUT2D eigenvalue weighted by atomic mass is 9.87. The van der Waals surface area contributed by atoms with E-state index in [2.05, 4.69) is 33.8 Å². The Morgan fingerprint density at radius 3 is 2.53 bits per heavy atom. The Labute approximate surface area is 109 Å². The molecule has 0 saturated heterocycles. The first-order chi connectivity index (χ1) is 7.80. The summed E-state index contributed by atoms with van der Waals surface area (Å²) in [4.78, 5) is 0. The Bertz CT molecular complexity index is 413. The van der Waals surface area contributed by atoms with E-state index in [1.54, 1.807) is 0 Å². The summed E-state index contributed by atoms with van der Waals surface area (Å²) in [5.41, 5.74) is 2.66. The molecule has 2 heteroatoms. The number of ether oxygens (including phenoxy) is 1. The lowest BCUT2D eigenvalue weighted by Gasteiger charge is -2.19. The SMILES string of the molecule is C/C(=C\COc1ccc(C)cc1Cl)C(C)(C)C. The van der Waals surface area contributed by atoms with Crippen molar-refractivity contribution < 1.29 is 4.74 Å². The van der Waals surface area contributed by atoms with Gasteiger partial charge >= 0.3 is 0 Å². The van der Waals surface area contributed by atoms with Crippen molar-refractivity contribution >= 4 is 11.6 Å². The number of allylic oxidation sites excluding steroid dienone is 1. The first kappa shape index (κ1) is 14.1. The maximum absolute atomic E-state index is 6.09. The van der Waals surface area contributed by atoms with Crippen molar-refractivity contribution in [2.24, 2.45) is 5.41 Å². The first-order valence-corrected chi connectivity index (χ1v) is 6.24. The fourth-order valence-electron chi connectivity index (χ4n) is 1.29. The number of rotatable bonds is 3. The van der Waals surface area contributed by atoms with Crippen molar-refractivity contribution in [3.05, 3.63) is 40.4 Å². The van der Waals surface area contributed by atoms with Crippen LogP contribution in [0.5, 0.6) is 5.75 Å². The van der Waals surface area contributed by atoms with Gasteiger partial charge in [-0.05, 0) is 43.0 Å². The molecule has 0 amide bonds. The van der Waals surface area contributed by atoms with Crippen LogP contribution in [0.1, 0.15) is 33.3 Å². The second-order valence-electron chi connectivity index (χ2n) is 5.38. The van der Waals surface area contributed by atoms with E-state index < -0.39 is 0 Å². The molecule has 94 valence electrons. The van der Waals surface area contributed by atoms with Crippen molar-refractivity contribution in [1.29, 1.82) is 0 Å². The average molecular weight is 253 g/mol. The molecule has 0 N–H and O–H groups in total. The summed E-state index contributed by atoms with van der Waals surface area (Å²) in [7, 11) is 0. The van der Waals surface area contributed by atoms with Crippen molar-refractivity contribution in [3.63, 3.8) is 0 Å². The van der Waals surface area contributed by atoms with Gasteiger partial charge in [0.1, 0.15) is 12.4 Å². The summed E-state index contributed by atoms with van der Waals surface area (Å²) in [6.45, 7) is 11.3. The lowest BCUT2D eigenvalue weighted by Crippen LogP contribution is -2.08. The van der Waals surface area contributed by atoms with E-state index in [1.807, 2.05) is 25.1 Å². The van der Waals surface area contributed by atoms with Gasteiger partial charge in [-0.3, -0.25) is 0 Å². The maximum Gasteiger partial charge on any atom is 0.138 e. The van der Waals surface area contributed by atoms with Gasteiger partial charge in [0.2, 0.25) is 0 Å². The van der Waals surface area contributed by atoms with E-state index in [1.165, 1.54) is 5.57 Å². The molecular weight excluding hydrogens is 232 g/mol. The molecule has 0 spiro atoms. The van der Waals surface area contributed by atoms with Crippen LogP contribution < -0.4 is 4.74 Å². The molecule has 1 aromatic carbocycles. The Morgan fingerprint density at radius 1 is 1.35 bits per heavy atom. The summed E-state index contributed by atoms with van der Waals surface area (Å²) < 4.78 is 5.65. The molecule has 1 aromatic rings. The molecule has 0 aliphatic rings. The minimum atomic E-state index is 0.195. The second-order valence-corrected chi connectivity index (χ2v) is 5.79. The van der Waals surface area contributed by atoms with Gasteiger partial charge in [0, 0.05) is 0 Å². The highest BCUT2D eigenvalue weighted by atomic mass is 35.5. The van der Waals surface area contributed by atoms with Gasteiger partial charge in [-0.25, -0.2) is 0 Å². The summed E-state index contributed by atoms with van der Waals surface area (Å²) in [6, 6.07) is 5.83. The van der Waals surface area contributed by atoms with E-state index in [4.69, 9.17) is 16.3 Å². The van der Waals surface area contributed by atoms with Crippen molar-refractivity contribution in [3.8, 4) is 5.75 Å². The largest absolute Gasteiger partial charge is 0.488 e. The molecule has 0 aromatic heterocycles. The fourth-order valence-corrected chi connectivity index (χ4v) is 1.58. The first-order valence-electron chi connectivity index (χ1n) is 5.87. The molecule has 1 nitrogen and oxygen atoms in total. The summed E-state index contributed by atoms with van der Waals surface area (Å²) in [6.07, 6.45) is 2.11. The number of hydrogen-bond acceptors (Lipinski definition) is 1. The normalized spacial score (nSPS) is 12.7. The van der Waals surface area contributed by atoms with Crippen molar-refractivity contribution in [2.45, 2.75) is 34.6 Å². The predicted octanol–water partition coefficient (Wildman–Crippen LogP) is 5.02. The standard InChI is InChI=1S/C15H21ClO/c1-11-6-7-14(13(16)10-11)17-9-8-12(2)15(3,4)5/h6-8,10H,9H2,1-5H3/b12-8+. The third-order valence-electron chi connectivity index (χ3n) is 2.90. The zero-order chi connectivity index (χ0) is 13.1. The van der Waals surface area contributed by atoms with Crippen LogP contribution in [0.3, 0.4) is 0 Å².